The van der Waals surface area contributed by atoms with Crippen LogP contribution >= 0.6 is 23.4 Å². The highest BCUT2D eigenvalue weighted by molar-refractivity contribution is 7.99. The van der Waals surface area contributed by atoms with Gasteiger partial charge < -0.3 is 5.32 Å². The van der Waals surface area contributed by atoms with Crippen molar-refractivity contribution in [2.75, 3.05) is 11.1 Å². The Morgan fingerprint density at radius 1 is 1.23 bits per heavy atom. The Morgan fingerprint density at radius 2 is 1.97 bits per heavy atom. The summed E-state index contributed by atoms with van der Waals surface area (Å²) in [6.45, 7) is 4.29. The predicted molar refractivity (Wildman–Crippen MR) is 118 cm³/mol. The number of hydrogen-bond donors (Lipinski definition) is 1. The molecule has 0 aliphatic rings. The minimum Gasteiger partial charge on any atom is -0.320 e. The molecular weight excluding hydrogens is 426 g/mol. The van der Waals surface area contributed by atoms with Gasteiger partial charge in [-0.1, -0.05) is 41.6 Å². The fourth-order valence-electron chi connectivity index (χ4n) is 2.69. The molecule has 3 rings (SSSR count). The summed E-state index contributed by atoms with van der Waals surface area (Å²) in [5.74, 6) is 0.797. The maximum Gasteiger partial charge on any atom is 0.292 e. The molecule has 0 aliphatic heterocycles. The summed E-state index contributed by atoms with van der Waals surface area (Å²) in [5.41, 5.74) is 0.906. The maximum absolute atomic E-state index is 12.2. The molecule has 0 saturated heterocycles. The third-order valence-electron chi connectivity index (χ3n) is 4.07. The average Bonchev–Trinajstić information content (AvgIpc) is 3.12. The molecule has 30 heavy (non-hydrogen) atoms. The first-order chi connectivity index (χ1) is 14.5. The minimum atomic E-state index is -0.527. The van der Waals surface area contributed by atoms with Gasteiger partial charge in [0.25, 0.3) is 5.69 Å². The number of nitrogens with zero attached hydrogens (tertiary/aromatic N) is 4. The van der Waals surface area contributed by atoms with E-state index in [1.807, 2.05) is 16.7 Å². The number of allylic oxidation sites excluding steroid dienone is 1. The van der Waals surface area contributed by atoms with Crippen molar-refractivity contribution in [3.05, 3.63) is 76.3 Å². The standard InChI is InChI=1S/C20H18ClN5O3S/c1-2-12-25-19(14-7-9-15(21)10-8-14)23-24-20(25)30-13-11-18(27)22-16-5-3-4-6-17(16)26(28)29/h2-10H,1,11-13H2,(H,22,27). The number of rotatable bonds is 9. The molecule has 1 heterocycles. The van der Waals surface area contributed by atoms with Crippen LogP contribution in [0.15, 0.2) is 66.3 Å². The van der Waals surface area contributed by atoms with Crippen LogP contribution in [0, 0.1) is 10.1 Å². The van der Waals surface area contributed by atoms with Gasteiger partial charge in [0.05, 0.1) is 4.92 Å². The molecule has 3 aromatic rings. The van der Waals surface area contributed by atoms with Crippen LogP contribution in [0.25, 0.3) is 11.4 Å². The molecule has 1 N–H and O–H groups in total. The van der Waals surface area contributed by atoms with E-state index in [2.05, 4.69) is 22.1 Å². The maximum atomic E-state index is 12.2. The van der Waals surface area contributed by atoms with E-state index in [9.17, 15) is 14.9 Å². The summed E-state index contributed by atoms with van der Waals surface area (Å²) in [7, 11) is 0. The highest BCUT2D eigenvalue weighted by Crippen LogP contribution is 2.26. The molecule has 0 radical (unpaired) electrons. The molecule has 0 fully saturated rings. The molecule has 8 nitrogen and oxygen atoms in total. The second-order valence-electron chi connectivity index (χ2n) is 6.13. The fourth-order valence-corrected chi connectivity index (χ4v) is 3.70. The molecule has 0 unspecified atom stereocenters. The van der Waals surface area contributed by atoms with Gasteiger partial charge in [0.2, 0.25) is 5.91 Å². The van der Waals surface area contributed by atoms with Gasteiger partial charge in [0.15, 0.2) is 11.0 Å². The Kier molecular flexibility index (Phi) is 7.21. The first kappa shape index (κ1) is 21.5. The van der Waals surface area contributed by atoms with Gasteiger partial charge in [-0.15, -0.1) is 16.8 Å². The van der Waals surface area contributed by atoms with Crippen LogP contribution in [0.1, 0.15) is 6.42 Å². The van der Waals surface area contributed by atoms with E-state index in [0.717, 1.165) is 5.56 Å². The number of nitro benzene ring substituents is 1. The van der Waals surface area contributed by atoms with E-state index in [4.69, 9.17) is 11.6 Å². The highest BCUT2D eigenvalue weighted by Gasteiger charge is 2.16. The summed E-state index contributed by atoms with van der Waals surface area (Å²) < 4.78 is 1.90. The first-order valence-corrected chi connectivity index (χ1v) is 10.3. The van der Waals surface area contributed by atoms with Crippen LogP contribution in [-0.2, 0) is 11.3 Å². The molecule has 0 spiro atoms. The van der Waals surface area contributed by atoms with Crippen LogP contribution in [0.4, 0.5) is 11.4 Å². The summed E-state index contributed by atoms with van der Waals surface area (Å²) >= 11 is 7.33. The lowest BCUT2D eigenvalue weighted by Gasteiger charge is -2.08. The van der Waals surface area contributed by atoms with Gasteiger partial charge in [0.1, 0.15) is 5.69 Å². The van der Waals surface area contributed by atoms with Crippen LogP contribution in [0.2, 0.25) is 5.02 Å². The Morgan fingerprint density at radius 3 is 2.67 bits per heavy atom. The number of nitrogens with one attached hydrogen (secondary N) is 1. The number of hydrogen-bond acceptors (Lipinski definition) is 6. The molecule has 10 heteroatoms. The van der Waals surface area contributed by atoms with Crippen molar-refractivity contribution in [3.8, 4) is 11.4 Å². The topological polar surface area (TPSA) is 103 Å². The number of carbonyl (C=O) groups is 1. The lowest BCUT2D eigenvalue weighted by molar-refractivity contribution is -0.383. The van der Waals surface area contributed by atoms with E-state index >= 15 is 0 Å². The summed E-state index contributed by atoms with van der Waals surface area (Å²) in [6.07, 6.45) is 1.90. The molecule has 0 saturated carbocycles. The zero-order valence-corrected chi connectivity index (χ0v) is 17.4. The molecule has 0 atom stereocenters. The lowest BCUT2D eigenvalue weighted by atomic mass is 10.2. The normalized spacial score (nSPS) is 10.6. The van der Waals surface area contributed by atoms with Crippen molar-refractivity contribution < 1.29 is 9.72 Å². The van der Waals surface area contributed by atoms with Crippen LogP contribution < -0.4 is 5.32 Å². The van der Waals surface area contributed by atoms with Crippen molar-refractivity contribution in [2.45, 2.75) is 18.1 Å². The number of thioether (sulfide) groups is 1. The number of anilines is 1. The minimum absolute atomic E-state index is 0.142. The monoisotopic (exact) mass is 443 g/mol. The van der Waals surface area contributed by atoms with E-state index < -0.39 is 4.92 Å². The van der Waals surface area contributed by atoms with Crippen molar-refractivity contribution in [2.24, 2.45) is 0 Å². The van der Waals surface area contributed by atoms with Crippen LogP contribution in [0.3, 0.4) is 0 Å². The zero-order chi connectivity index (χ0) is 21.5. The molecule has 1 aromatic heterocycles. The molecule has 2 aromatic carbocycles. The number of para-hydroxylation sites is 2. The number of benzene rings is 2. The number of amides is 1. The van der Waals surface area contributed by atoms with Crippen molar-refractivity contribution in [1.82, 2.24) is 14.8 Å². The van der Waals surface area contributed by atoms with Crippen LogP contribution in [-0.4, -0.2) is 31.3 Å². The van der Waals surface area contributed by atoms with Gasteiger partial charge in [0, 0.05) is 35.4 Å². The van der Waals surface area contributed by atoms with Crippen molar-refractivity contribution in [3.63, 3.8) is 0 Å². The summed E-state index contributed by atoms with van der Waals surface area (Å²) in [5, 5.41) is 23.4. The van der Waals surface area contributed by atoms with Gasteiger partial charge in [-0.05, 0) is 30.3 Å². The van der Waals surface area contributed by atoms with Crippen molar-refractivity contribution in [1.29, 1.82) is 0 Å². The zero-order valence-electron chi connectivity index (χ0n) is 15.8. The predicted octanol–water partition coefficient (Wildman–Crippen LogP) is 4.81. The van der Waals surface area contributed by atoms with Gasteiger partial charge in [-0.25, -0.2) is 0 Å². The van der Waals surface area contributed by atoms with Gasteiger partial charge in [-0.3, -0.25) is 19.5 Å². The smallest absolute Gasteiger partial charge is 0.292 e. The van der Waals surface area contributed by atoms with E-state index in [1.165, 1.54) is 23.9 Å². The molecule has 0 bridgehead atoms. The highest BCUT2D eigenvalue weighted by atomic mass is 35.5. The molecular formula is C20H18ClN5O3S. The van der Waals surface area contributed by atoms with E-state index in [-0.39, 0.29) is 23.7 Å². The number of aromatic nitrogens is 3. The summed E-state index contributed by atoms with van der Waals surface area (Å²) in [4.78, 5) is 22.8. The van der Waals surface area contributed by atoms with E-state index in [1.54, 1.807) is 30.3 Å². The fraction of sp³-hybridized carbons (Fsp3) is 0.150. The second kappa shape index (κ2) is 10.0. The third-order valence-corrected chi connectivity index (χ3v) is 5.29. The Labute approximate surface area is 182 Å². The largest absolute Gasteiger partial charge is 0.320 e. The molecule has 154 valence electrons. The average molecular weight is 444 g/mol. The number of carbonyl (C=O) groups excluding carboxylic acids is 1. The molecule has 1 amide bonds. The van der Waals surface area contributed by atoms with E-state index in [0.29, 0.717) is 28.3 Å². The lowest BCUT2D eigenvalue weighted by Crippen LogP contribution is -2.13. The van der Waals surface area contributed by atoms with Gasteiger partial charge in [-0.2, -0.15) is 0 Å². The SMILES string of the molecule is C=CCn1c(SCCC(=O)Nc2ccccc2[N+](=O)[O-])nnc1-c1ccc(Cl)cc1. The quantitative estimate of drug-likeness (QED) is 0.220. The van der Waals surface area contributed by atoms with Gasteiger partial charge >= 0.3 is 0 Å². The first-order valence-electron chi connectivity index (χ1n) is 8.95. The Hall–Kier alpha value is -3.17. The third kappa shape index (κ3) is 5.25. The number of halogens is 1. The number of nitro groups is 1. The Balaban J connectivity index is 1.65. The Bertz CT molecular complexity index is 1070. The summed E-state index contributed by atoms with van der Waals surface area (Å²) in [6, 6.07) is 13.3. The molecule has 0 aliphatic carbocycles. The van der Waals surface area contributed by atoms with Crippen LogP contribution in [0.5, 0.6) is 0 Å². The second-order valence-corrected chi connectivity index (χ2v) is 7.63. The van der Waals surface area contributed by atoms with Crippen molar-refractivity contribution >= 4 is 40.6 Å².